The van der Waals surface area contributed by atoms with Crippen LogP contribution in [0, 0.1) is 35.5 Å². The van der Waals surface area contributed by atoms with Gasteiger partial charge in [0.25, 0.3) is 0 Å². The minimum Gasteiger partial charge on any atom is -0.496 e. The molecule has 8 fully saturated rings. The number of carbonyl (C=O) groups excluding carboxylic acids is 3. The minimum absolute atomic E-state index is 0.00978. The fourth-order valence-corrected chi connectivity index (χ4v) is 14.5. The van der Waals surface area contributed by atoms with E-state index in [9.17, 15) is 14.4 Å². The van der Waals surface area contributed by atoms with Crippen LogP contribution in [-0.4, -0.2) is 43.8 Å². The molecule has 14 rings (SSSR count). The van der Waals surface area contributed by atoms with Crippen molar-refractivity contribution in [3.8, 4) is 33.8 Å². The number of hydrogen-bond donors (Lipinski definition) is 1. The number of methoxy groups -OCH3 is 2. The Kier molecular flexibility index (Phi) is 18.0. The lowest BCUT2D eigenvalue weighted by Gasteiger charge is -2.57. The van der Waals surface area contributed by atoms with Gasteiger partial charge in [0, 0.05) is 12.2 Å². The molecule has 0 radical (unpaired) electrons. The summed E-state index contributed by atoms with van der Waals surface area (Å²) in [6.45, 7) is 7.57. The quantitative estimate of drug-likeness (QED) is 0.0790. The Morgan fingerprint density at radius 1 is 0.514 bits per heavy atom. The Morgan fingerprint density at radius 3 is 1.20 bits per heavy atom. The van der Waals surface area contributed by atoms with E-state index in [2.05, 4.69) is 72.8 Å². The highest BCUT2D eigenvalue weighted by Gasteiger charge is 2.53. The maximum absolute atomic E-state index is 13.3. The second-order valence-electron chi connectivity index (χ2n) is 21.9. The molecule has 0 unspecified atom stereocenters. The van der Waals surface area contributed by atoms with Gasteiger partial charge in [-0.05, 0) is 207 Å². The van der Waals surface area contributed by atoms with Crippen molar-refractivity contribution < 1.29 is 29.0 Å². The second kappa shape index (κ2) is 24.8. The van der Waals surface area contributed by atoms with Gasteiger partial charge in [0.15, 0.2) is 11.6 Å². The van der Waals surface area contributed by atoms with Crippen LogP contribution in [-0.2, 0) is 10.8 Å². The zero-order valence-electron chi connectivity index (χ0n) is 44.7. The Hall–Kier alpha value is -6.37. The molecule has 6 aromatic carbocycles. The van der Waals surface area contributed by atoms with Gasteiger partial charge in [0.1, 0.15) is 17.8 Å². The maximum atomic E-state index is 13.3. The molecule has 8 aliphatic rings. The summed E-state index contributed by atoms with van der Waals surface area (Å²) in [5.41, 5.74) is 11.2. The molecule has 0 spiro atoms. The van der Waals surface area contributed by atoms with Crippen LogP contribution in [0.3, 0.4) is 0 Å². The van der Waals surface area contributed by atoms with Crippen molar-refractivity contribution in [2.24, 2.45) is 35.5 Å². The Bertz CT molecular complexity index is 2750. The third kappa shape index (κ3) is 12.4. The molecule has 0 aliphatic heterocycles. The highest BCUT2D eigenvalue weighted by atomic mass is 16.5. The number of aliphatic hydroxyl groups excluding tert-OH is 1. The molecule has 0 atom stereocenters. The number of aldehydes is 1. The summed E-state index contributed by atoms with van der Waals surface area (Å²) >= 11 is 0. The Balaban J connectivity index is 0.000000155. The number of benzene rings is 6. The lowest BCUT2D eigenvalue weighted by atomic mass is 9.48. The summed E-state index contributed by atoms with van der Waals surface area (Å²) in [7, 11) is 3.30. The lowest BCUT2D eigenvalue weighted by Crippen LogP contribution is -2.48. The average molecular weight is 991 g/mol. The number of aliphatic hydroxyl groups is 1. The van der Waals surface area contributed by atoms with Crippen molar-refractivity contribution in [2.45, 2.75) is 116 Å². The SMILES string of the molecule is CC.CCO.COc1ccc(C23CC4CC(CC(C4)C2)C3)cc1C(=O)/C=C/c1ccc(-c2ccccc2)cc1.COc1ccc(C23CC4CC(CC(C4)C2)C3)cc1C(C)=O.O=Cc1ccc(-c2ccccc2)cc1. The molecule has 6 aromatic rings. The summed E-state index contributed by atoms with van der Waals surface area (Å²) in [5.74, 6) is 6.94. The largest absolute Gasteiger partial charge is 0.496 e. The smallest absolute Gasteiger partial charge is 0.189 e. The predicted octanol–water partition coefficient (Wildman–Crippen LogP) is 16.3. The summed E-state index contributed by atoms with van der Waals surface area (Å²) < 4.78 is 11.0. The topological polar surface area (TPSA) is 89.9 Å². The van der Waals surface area contributed by atoms with Gasteiger partial charge in [-0.25, -0.2) is 0 Å². The summed E-state index contributed by atoms with van der Waals surface area (Å²) in [6, 6.07) is 49.1. The number of Topliss-reactive ketones (excluding diaryl/α,β-unsaturated/α-hetero) is 1. The third-order valence-corrected chi connectivity index (χ3v) is 16.9. The summed E-state index contributed by atoms with van der Waals surface area (Å²) in [6.07, 6.45) is 21.0. The molecule has 0 amide bonds. The molecule has 0 heterocycles. The van der Waals surface area contributed by atoms with Gasteiger partial charge in [-0.2, -0.15) is 0 Å². The molecule has 0 saturated heterocycles. The van der Waals surface area contributed by atoms with Gasteiger partial charge in [-0.1, -0.05) is 141 Å². The molecule has 8 aliphatic carbocycles. The number of allylic oxidation sites excluding steroid dienone is 1. The standard InChI is InChI=1S/C32H32O2.C19H24O2.C13H10O.C2H6O.C2H6/c1-34-31-14-12-28(32-19-23-15-24(20-32)17-25(16-23)21-32)18-29(31)30(33)13-9-22-7-10-27(11-8-22)26-5-3-2-4-6-26;1-12(20)17-8-16(3-4-18(17)21-2)19-9-13-5-14(10-19)7-15(6-13)11-19;14-10-11-6-8-13(9-7-11)12-4-2-1-3-5-12;1-2-3;1-2/h2-14,18,23-25H,15-17,19-21H2,1H3;3-4,8,13-15H,5-7,9-11H2,1-2H3;1-10H;3H,2H2,1H3;1-2H3/b13-9+;;;;. The third-order valence-electron chi connectivity index (χ3n) is 16.9. The molecule has 8 bridgehead atoms. The number of ketones is 2. The zero-order chi connectivity index (χ0) is 52.2. The highest BCUT2D eigenvalue weighted by molar-refractivity contribution is 6.08. The van der Waals surface area contributed by atoms with Crippen LogP contribution in [0.25, 0.3) is 28.3 Å². The highest BCUT2D eigenvalue weighted by Crippen LogP contribution is 2.62. The molecule has 0 aromatic heterocycles. The maximum Gasteiger partial charge on any atom is 0.189 e. The second-order valence-corrected chi connectivity index (χ2v) is 21.9. The van der Waals surface area contributed by atoms with Crippen LogP contribution in [0.4, 0.5) is 0 Å². The molecule has 386 valence electrons. The van der Waals surface area contributed by atoms with E-state index in [4.69, 9.17) is 14.6 Å². The monoisotopic (exact) mass is 991 g/mol. The van der Waals surface area contributed by atoms with E-state index in [1.807, 2.05) is 92.7 Å². The normalized spacial score (nSPS) is 25.1. The molecule has 6 nitrogen and oxygen atoms in total. The van der Waals surface area contributed by atoms with Crippen LogP contribution in [0.5, 0.6) is 11.5 Å². The van der Waals surface area contributed by atoms with Gasteiger partial charge in [0.05, 0.1) is 25.3 Å². The predicted molar refractivity (Wildman–Crippen MR) is 302 cm³/mol. The van der Waals surface area contributed by atoms with Gasteiger partial charge in [-0.15, -0.1) is 0 Å². The van der Waals surface area contributed by atoms with E-state index in [1.165, 1.54) is 105 Å². The number of hydrogen-bond acceptors (Lipinski definition) is 6. The van der Waals surface area contributed by atoms with Crippen LogP contribution in [0.1, 0.15) is 153 Å². The Morgan fingerprint density at radius 2 is 0.851 bits per heavy atom. The van der Waals surface area contributed by atoms with Crippen molar-refractivity contribution in [1.29, 1.82) is 0 Å². The van der Waals surface area contributed by atoms with Crippen molar-refractivity contribution in [3.63, 3.8) is 0 Å². The van der Waals surface area contributed by atoms with E-state index in [0.29, 0.717) is 22.3 Å². The first-order valence-electron chi connectivity index (χ1n) is 27.5. The first kappa shape index (κ1) is 53.9. The van der Waals surface area contributed by atoms with Crippen molar-refractivity contribution in [1.82, 2.24) is 0 Å². The minimum atomic E-state index is 0.00978. The zero-order valence-corrected chi connectivity index (χ0v) is 44.7. The molecule has 1 N–H and O–H groups in total. The van der Waals surface area contributed by atoms with Crippen LogP contribution in [0.15, 0.2) is 152 Å². The van der Waals surface area contributed by atoms with E-state index in [-0.39, 0.29) is 23.6 Å². The lowest BCUT2D eigenvalue weighted by molar-refractivity contribution is -0.00535. The van der Waals surface area contributed by atoms with Crippen molar-refractivity contribution in [3.05, 3.63) is 185 Å². The van der Waals surface area contributed by atoms with Gasteiger partial charge in [0.2, 0.25) is 0 Å². The van der Waals surface area contributed by atoms with Crippen LogP contribution >= 0.6 is 0 Å². The molecule has 6 heteroatoms. The average Bonchev–Trinajstić information content (AvgIpc) is 3.43. The molecular formula is C68H78O6. The summed E-state index contributed by atoms with van der Waals surface area (Å²) in [5, 5.41) is 7.57. The number of rotatable bonds is 11. The first-order valence-corrected chi connectivity index (χ1v) is 27.5. The van der Waals surface area contributed by atoms with E-state index >= 15 is 0 Å². The number of ether oxygens (including phenoxy) is 2. The first-order chi connectivity index (χ1) is 36.0. The van der Waals surface area contributed by atoms with Gasteiger partial charge in [-0.3, -0.25) is 14.4 Å². The molecule has 8 saturated carbocycles. The molecular weight excluding hydrogens is 913 g/mol. The van der Waals surface area contributed by atoms with Crippen molar-refractivity contribution in [2.75, 3.05) is 20.8 Å². The fourth-order valence-electron chi connectivity index (χ4n) is 14.5. The van der Waals surface area contributed by atoms with Crippen molar-refractivity contribution >= 4 is 23.9 Å². The van der Waals surface area contributed by atoms with Crippen LogP contribution in [0.2, 0.25) is 0 Å². The van der Waals surface area contributed by atoms with Gasteiger partial charge >= 0.3 is 0 Å². The fraction of sp³-hybridized carbons (Fsp3) is 0.397. The van der Waals surface area contributed by atoms with E-state index < -0.39 is 0 Å². The molecule has 74 heavy (non-hydrogen) atoms. The van der Waals surface area contributed by atoms with E-state index in [0.717, 1.165) is 64.2 Å². The number of carbonyl (C=O) groups is 3. The summed E-state index contributed by atoms with van der Waals surface area (Å²) in [4.78, 5) is 35.7. The van der Waals surface area contributed by atoms with Crippen LogP contribution < -0.4 is 9.47 Å². The Labute approximate surface area is 441 Å². The van der Waals surface area contributed by atoms with E-state index in [1.54, 1.807) is 34.1 Å². The van der Waals surface area contributed by atoms with Gasteiger partial charge < -0.3 is 14.6 Å².